The topological polar surface area (TPSA) is 80.3 Å². The third kappa shape index (κ3) is 3.97. The second-order valence-electron chi connectivity index (χ2n) is 6.55. The first-order valence-electron chi connectivity index (χ1n) is 8.17. The predicted molar refractivity (Wildman–Crippen MR) is 97.8 cm³/mol. The summed E-state index contributed by atoms with van der Waals surface area (Å²) >= 11 is 0. The van der Waals surface area contributed by atoms with Crippen LogP contribution in [-0.2, 0) is 26.2 Å². The fraction of sp³-hybridized carbons (Fsp3) is 0.333. The van der Waals surface area contributed by atoms with Crippen molar-refractivity contribution in [2.45, 2.75) is 29.7 Å². The van der Waals surface area contributed by atoms with Crippen molar-refractivity contribution in [2.75, 3.05) is 11.5 Å². The number of aryl methyl sites for hydroxylation is 1. The van der Waals surface area contributed by atoms with Gasteiger partial charge in [-0.1, -0.05) is 35.9 Å². The summed E-state index contributed by atoms with van der Waals surface area (Å²) in [5, 5.41) is 1.84. The van der Waals surface area contributed by atoms with Crippen molar-refractivity contribution < 1.29 is 21.2 Å². The molecule has 2 atom stereocenters. The van der Waals surface area contributed by atoms with Crippen molar-refractivity contribution in [2.24, 2.45) is 0 Å². The van der Waals surface area contributed by atoms with E-state index in [0.717, 1.165) is 5.56 Å². The molecular formula is C18H20FNO4S2. The molecule has 0 spiro atoms. The van der Waals surface area contributed by atoms with Crippen molar-refractivity contribution in [3.8, 4) is 0 Å². The molecule has 1 aliphatic heterocycles. The van der Waals surface area contributed by atoms with Crippen LogP contribution in [0.3, 0.4) is 0 Å². The summed E-state index contributed by atoms with van der Waals surface area (Å²) in [5.41, 5.74) is 1.28. The zero-order valence-electron chi connectivity index (χ0n) is 14.2. The Labute approximate surface area is 153 Å². The Morgan fingerprint density at radius 2 is 1.73 bits per heavy atom. The first-order valence-corrected chi connectivity index (χ1v) is 11.5. The maximum atomic E-state index is 13.8. The summed E-state index contributed by atoms with van der Waals surface area (Å²) in [6.07, 6.45) is 0. The van der Waals surface area contributed by atoms with Crippen LogP contribution in [0.1, 0.15) is 11.1 Å². The highest BCUT2D eigenvalue weighted by molar-refractivity contribution is 7.96. The number of sulfone groups is 2. The molecule has 2 aromatic rings. The zero-order valence-corrected chi connectivity index (χ0v) is 15.9. The molecule has 0 radical (unpaired) electrons. The standard InChI is InChI=1S/C18H20FNO4S2/c1-13-6-8-15(9-7-13)26(23,24)18-12-25(21,22)11-17(18)20-10-14-4-2-3-5-16(14)19/h2-9,17-18,20H,10-12H2,1H3. The first-order chi connectivity index (χ1) is 12.2. The van der Waals surface area contributed by atoms with Crippen LogP contribution in [0, 0.1) is 12.7 Å². The van der Waals surface area contributed by atoms with Crippen LogP contribution >= 0.6 is 0 Å². The second-order valence-corrected chi connectivity index (χ2v) is 10.9. The number of nitrogens with one attached hydrogen (secondary N) is 1. The van der Waals surface area contributed by atoms with Crippen molar-refractivity contribution in [3.63, 3.8) is 0 Å². The third-order valence-electron chi connectivity index (χ3n) is 4.56. The molecule has 5 nitrogen and oxygen atoms in total. The smallest absolute Gasteiger partial charge is 0.183 e. The van der Waals surface area contributed by atoms with E-state index in [2.05, 4.69) is 5.32 Å². The van der Waals surface area contributed by atoms with Gasteiger partial charge in [-0.2, -0.15) is 0 Å². The van der Waals surface area contributed by atoms with Gasteiger partial charge in [0, 0.05) is 18.2 Å². The molecule has 1 aliphatic rings. The number of hydrogen-bond donors (Lipinski definition) is 1. The third-order valence-corrected chi connectivity index (χ3v) is 8.73. The molecule has 1 N–H and O–H groups in total. The van der Waals surface area contributed by atoms with Gasteiger partial charge < -0.3 is 5.32 Å². The molecule has 26 heavy (non-hydrogen) atoms. The molecule has 3 rings (SSSR count). The van der Waals surface area contributed by atoms with Crippen LogP contribution in [-0.4, -0.2) is 39.6 Å². The van der Waals surface area contributed by atoms with Gasteiger partial charge in [-0.3, -0.25) is 0 Å². The van der Waals surface area contributed by atoms with Gasteiger partial charge in [0.05, 0.1) is 21.7 Å². The van der Waals surface area contributed by atoms with Crippen molar-refractivity contribution in [1.29, 1.82) is 0 Å². The van der Waals surface area contributed by atoms with Crippen LogP contribution in [0.25, 0.3) is 0 Å². The second kappa shape index (κ2) is 7.09. The maximum absolute atomic E-state index is 13.8. The van der Waals surface area contributed by atoms with E-state index in [1.54, 1.807) is 30.3 Å². The Balaban J connectivity index is 1.86. The fourth-order valence-corrected chi connectivity index (χ4v) is 7.81. The van der Waals surface area contributed by atoms with E-state index < -0.39 is 42.5 Å². The van der Waals surface area contributed by atoms with Crippen LogP contribution in [0.5, 0.6) is 0 Å². The van der Waals surface area contributed by atoms with Gasteiger partial charge in [-0.25, -0.2) is 21.2 Å². The molecular weight excluding hydrogens is 377 g/mol. The van der Waals surface area contributed by atoms with Crippen LogP contribution in [0.2, 0.25) is 0 Å². The molecule has 1 fully saturated rings. The highest BCUT2D eigenvalue weighted by Gasteiger charge is 2.45. The van der Waals surface area contributed by atoms with Crippen LogP contribution in [0.4, 0.5) is 4.39 Å². The summed E-state index contributed by atoms with van der Waals surface area (Å²) in [5.74, 6) is -1.13. The normalized spacial score (nSPS) is 22.4. The molecule has 1 heterocycles. The van der Waals surface area contributed by atoms with Gasteiger partial charge >= 0.3 is 0 Å². The van der Waals surface area contributed by atoms with E-state index in [9.17, 15) is 21.2 Å². The van der Waals surface area contributed by atoms with Gasteiger partial charge in [0.15, 0.2) is 19.7 Å². The molecule has 0 bridgehead atoms. The molecule has 1 saturated heterocycles. The van der Waals surface area contributed by atoms with Crippen LogP contribution in [0.15, 0.2) is 53.4 Å². The lowest BCUT2D eigenvalue weighted by Crippen LogP contribution is -2.43. The molecule has 0 aromatic heterocycles. The molecule has 140 valence electrons. The Kier molecular flexibility index (Phi) is 5.18. The highest BCUT2D eigenvalue weighted by atomic mass is 32.2. The van der Waals surface area contributed by atoms with E-state index in [1.807, 2.05) is 6.92 Å². The minimum absolute atomic E-state index is 0.0623. The lowest BCUT2D eigenvalue weighted by molar-refractivity contribution is 0.515. The molecule has 2 unspecified atom stereocenters. The van der Waals surface area contributed by atoms with E-state index in [0.29, 0.717) is 5.56 Å². The summed E-state index contributed by atoms with van der Waals surface area (Å²) in [4.78, 5) is 0.0999. The van der Waals surface area contributed by atoms with Gasteiger partial charge in [0.2, 0.25) is 0 Å². The number of benzene rings is 2. The average molecular weight is 397 g/mol. The number of halogens is 1. The van der Waals surface area contributed by atoms with Crippen molar-refractivity contribution >= 4 is 19.7 Å². The monoisotopic (exact) mass is 397 g/mol. The first kappa shape index (κ1) is 19.0. The van der Waals surface area contributed by atoms with Gasteiger partial charge in [0.1, 0.15) is 5.82 Å². The summed E-state index contributed by atoms with van der Waals surface area (Å²) < 4.78 is 63.8. The minimum Gasteiger partial charge on any atom is -0.307 e. The SMILES string of the molecule is Cc1ccc(S(=O)(=O)C2CS(=O)(=O)CC2NCc2ccccc2F)cc1. The Hall–Kier alpha value is -1.77. The fourth-order valence-electron chi connectivity index (χ4n) is 3.10. The Morgan fingerprint density at radius 3 is 2.38 bits per heavy atom. The largest absolute Gasteiger partial charge is 0.307 e. The maximum Gasteiger partial charge on any atom is 0.183 e. The molecule has 8 heteroatoms. The lowest BCUT2D eigenvalue weighted by atomic mass is 10.2. The zero-order chi connectivity index (χ0) is 18.9. The van der Waals surface area contributed by atoms with Crippen molar-refractivity contribution in [3.05, 3.63) is 65.5 Å². The van der Waals surface area contributed by atoms with E-state index >= 15 is 0 Å². The quantitative estimate of drug-likeness (QED) is 0.833. The number of hydrogen-bond acceptors (Lipinski definition) is 5. The molecule has 0 amide bonds. The van der Waals surface area contributed by atoms with Gasteiger partial charge in [0.25, 0.3) is 0 Å². The predicted octanol–water partition coefficient (Wildman–Crippen LogP) is 1.86. The molecule has 2 aromatic carbocycles. The van der Waals surface area contributed by atoms with E-state index in [4.69, 9.17) is 0 Å². The summed E-state index contributed by atoms with van der Waals surface area (Å²) in [7, 11) is -7.32. The van der Waals surface area contributed by atoms with Crippen molar-refractivity contribution in [1.82, 2.24) is 5.32 Å². The highest BCUT2D eigenvalue weighted by Crippen LogP contribution is 2.26. The van der Waals surface area contributed by atoms with Crippen LogP contribution < -0.4 is 5.32 Å². The molecule has 0 aliphatic carbocycles. The summed E-state index contributed by atoms with van der Waals surface area (Å²) in [6, 6.07) is 11.7. The van der Waals surface area contributed by atoms with Gasteiger partial charge in [-0.05, 0) is 25.1 Å². The van der Waals surface area contributed by atoms with Gasteiger partial charge in [-0.15, -0.1) is 0 Å². The van der Waals surface area contributed by atoms with E-state index in [-0.39, 0.29) is 17.2 Å². The lowest BCUT2D eigenvalue weighted by Gasteiger charge is -2.20. The Morgan fingerprint density at radius 1 is 1.08 bits per heavy atom. The molecule has 0 saturated carbocycles. The average Bonchev–Trinajstić information content (AvgIpc) is 2.90. The summed E-state index contributed by atoms with van der Waals surface area (Å²) in [6.45, 7) is 1.90. The number of rotatable bonds is 5. The van der Waals surface area contributed by atoms with E-state index in [1.165, 1.54) is 18.2 Å². The Bertz CT molecular complexity index is 1000. The minimum atomic E-state index is -3.83.